The number of carbonyl (C=O) groups is 4. The van der Waals surface area contributed by atoms with E-state index in [2.05, 4.69) is 31.2 Å². The maximum atomic E-state index is 13.1. The molecule has 41 heavy (non-hydrogen) atoms. The molecule has 0 fully saturated rings. The molecule has 1 aromatic heterocycles. The van der Waals surface area contributed by atoms with Crippen molar-refractivity contribution in [3.63, 3.8) is 0 Å². The molecule has 1 heterocycles. The first-order valence-electron chi connectivity index (χ1n) is 13.3. The summed E-state index contributed by atoms with van der Waals surface area (Å²) in [5.41, 5.74) is 12.5. The predicted octanol–water partition coefficient (Wildman–Crippen LogP) is 1.28. The minimum atomic E-state index is -0.920. The number of aliphatic imine (C=N–C) groups is 1. The minimum absolute atomic E-state index is 0.0680. The predicted molar refractivity (Wildman–Crippen MR) is 158 cm³/mol. The molecule has 3 aromatic rings. The molecule has 0 radical (unpaired) electrons. The molecule has 2 aromatic carbocycles. The third kappa shape index (κ3) is 9.60. The highest BCUT2D eigenvalue weighted by Gasteiger charge is 2.26. The van der Waals surface area contributed by atoms with Crippen molar-refractivity contribution in [1.82, 2.24) is 20.9 Å². The quantitative estimate of drug-likeness (QED) is 0.103. The van der Waals surface area contributed by atoms with Crippen molar-refractivity contribution in [3.05, 3.63) is 72.4 Å². The second-order valence-corrected chi connectivity index (χ2v) is 9.75. The Balaban J connectivity index is 1.61. The number of fused-ring (bicyclic) bond motifs is 1. The first kappa shape index (κ1) is 30.5. The van der Waals surface area contributed by atoms with Crippen molar-refractivity contribution < 1.29 is 19.2 Å². The summed E-state index contributed by atoms with van der Waals surface area (Å²) in [7, 11) is 0. The van der Waals surface area contributed by atoms with Gasteiger partial charge in [-0.2, -0.15) is 0 Å². The van der Waals surface area contributed by atoms with E-state index in [9.17, 15) is 19.2 Å². The van der Waals surface area contributed by atoms with Crippen LogP contribution < -0.4 is 32.7 Å². The van der Waals surface area contributed by atoms with Gasteiger partial charge >= 0.3 is 0 Å². The monoisotopic (exact) mass is 560 g/mol. The zero-order chi connectivity index (χ0) is 29.8. The molecule has 0 saturated heterocycles. The lowest BCUT2D eigenvalue weighted by molar-refractivity contribution is -0.129. The fourth-order valence-electron chi connectivity index (χ4n) is 4.03. The van der Waals surface area contributed by atoms with E-state index in [0.29, 0.717) is 17.7 Å². The standard InChI is InChI=1S/C29H36N8O4/c1-18(2)25(37-26(39)19-8-4-3-5-9-19)28(41)34-17-24(38)36-23(11-7-15-33-29(30)31)27(40)35-21-12-13-22-20(16-21)10-6-14-32-22/h3-6,8-10,12-14,16,18,23,25H,7,11,15,17H2,1-2H3,(H,34,41)(H,35,40)(H,36,38)(H,37,39)(H4,30,31,33)/t23-,25-/m0/s1. The van der Waals surface area contributed by atoms with Crippen LogP contribution in [0, 0.1) is 5.92 Å². The number of hydrogen-bond donors (Lipinski definition) is 6. The number of anilines is 1. The lowest BCUT2D eigenvalue weighted by Crippen LogP contribution is -2.53. The second kappa shape index (κ2) is 15.0. The van der Waals surface area contributed by atoms with Crippen LogP contribution in [0.15, 0.2) is 71.9 Å². The summed E-state index contributed by atoms with van der Waals surface area (Å²) in [6, 6.07) is 15.7. The van der Waals surface area contributed by atoms with Gasteiger partial charge in [-0.3, -0.25) is 29.2 Å². The molecule has 8 N–H and O–H groups in total. The summed E-state index contributed by atoms with van der Waals surface area (Å²) in [5.74, 6) is -2.23. The minimum Gasteiger partial charge on any atom is -0.370 e. The second-order valence-electron chi connectivity index (χ2n) is 9.75. The number of hydrogen-bond acceptors (Lipinski definition) is 6. The fourth-order valence-corrected chi connectivity index (χ4v) is 4.03. The zero-order valence-corrected chi connectivity index (χ0v) is 23.1. The normalized spacial score (nSPS) is 12.2. The van der Waals surface area contributed by atoms with Gasteiger partial charge < -0.3 is 32.7 Å². The van der Waals surface area contributed by atoms with Crippen LogP contribution >= 0.6 is 0 Å². The van der Waals surface area contributed by atoms with Crippen molar-refractivity contribution in [2.75, 3.05) is 18.4 Å². The van der Waals surface area contributed by atoms with Crippen LogP contribution in [0.25, 0.3) is 10.9 Å². The summed E-state index contributed by atoms with van der Waals surface area (Å²) in [4.78, 5) is 59.6. The molecule has 0 aliphatic rings. The molecule has 4 amide bonds. The van der Waals surface area contributed by atoms with Gasteiger partial charge in [0.05, 0.1) is 12.1 Å². The number of pyridine rings is 1. The number of nitrogens with zero attached hydrogens (tertiary/aromatic N) is 2. The van der Waals surface area contributed by atoms with Gasteiger partial charge in [0.25, 0.3) is 5.91 Å². The molecule has 0 unspecified atom stereocenters. The van der Waals surface area contributed by atoms with E-state index in [0.717, 1.165) is 10.9 Å². The molecule has 0 spiro atoms. The Kier molecular flexibility index (Phi) is 11.1. The molecular weight excluding hydrogens is 524 g/mol. The van der Waals surface area contributed by atoms with E-state index in [1.165, 1.54) is 0 Å². The van der Waals surface area contributed by atoms with E-state index in [-0.39, 0.29) is 31.4 Å². The first-order chi connectivity index (χ1) is 19.6. The SMILES string of the molecule is CC(C)[C@H](NC(=O)c1ccccc1)C(=O)NCC(=O)N[C@@H](CCCN=C(N)N)C(=O)Nc1ccc2ncccc2c1. The Morgan fingerprint density at radius 3 is 2.39 bits per heavy atom. The summed E-state index contributed by atoms with van der Waals surface area (Å²) in [6.45, 7) is 3.46. The molecule has 2 atom stereocenters. The maximum absolute atomic E-state index is 13.1. The van der Waals surface area contributed by atoms with Crippen LogP contribution in [0.5, 0.6) is 0 Å². The lowest BCUT2D eigenvalue weighted by atomic mass is 10.0. The average molecular weight is 561 g/mol. The number of amides is 4. The average Bonchev–Trinajstić information content (AvgIpc) is 2.96. The van der Waals surface area contributed by atoms with Gasteiger partial charge in [0.15, 0.2) is 5.96 Å². The maximum Gasteiger partial charge on any atom is 0.251 e. The largest absolute Gasteiger partial charge is 0.370 e. The number of guanidine groups is 1. The number of rotatable bonds is 13. The van der Waals surface area contributed by atoms with Gasteiger partial charge in [0, 0.05) is 29.4 Å². The first-order valence-corrected chi connectivity index (χ1v) is 13.3. The highest BCUT2D eigenvalue weighted by Crippen LogP contribution is 2.17. The Morgan fingerprint density at radius 1 is 0.927 bits per heavy atom. The van der Waals surface area contributed by atoms with Crippen LogP contribution in [0.3, 0.4) is 0 Å². The topological polar surface area (TPSA) is 194 Å². The van der Waals surface area contributed by atoms with E-state index in [1.807, 2.05) is 6.07 Å². The number of carbonyl (C=O) groups excluding carboxylic acids is 4. The number of aromatic nitrogens is 1. The Bertz CT molecular complexity index is 1390. The molecule has 0 aliphatic carbocycles. The number of benzene rings is 2. The zero-order valence-electron chi connectivity index (χ0n) is 23.1. The van der Waals surface area contributed by atoms with Crippen LogP contribution in [0.1, 0.15) is 37.0 Å². The summed E-state index contributed by atoms with van der Waals surface area (Å²) >= 11 is 0. The molecule has 0 bridgehead atoms. The van der Waals surface area contributed by atoms with Crippen molar-refractivity contribution in [2.45, 2.75) is 38.8 Å². The van der Waals surface area contributed by atoms with Crippen LogP contribution in [0.4, 0.5) is 5.69 Å². The van der Waals surface area contributed by atoms with Gasteiger partial charge in [-0.05, 0) is 55.2 Å². The third-order valence-electron chi connectivity index (χ3n) is 6.16. The van der Waals surface area contributed by atoms with Crippen molar-refractivity contribution >= 4 is 46.2 Å². The van der Waals surface area contributed by atoms with E-state index >= 15 is 0 Å². The van der Waals surface area contributed by atoms with Gasteiger partial charge in [-0.25, -0.2) is 0 Å². The Labute approximate surface area is 238 Å². The molecule has 0 saturated carbocycles. The van der Waals surface area contributed by atoms with E-state index < -0.39 is 35.7 Å². The van der Waals surface area contributed by atoms with Crippen molar-refractivity contribution in [2.24, 2.45) is 22.4 Å². The van der Waals surface area contributed by atoms with Gasteiger partial charge in [0.1, 0.15) is 12.1 Å². The van der Waals surface area contributed by atoms with Crippen molar-refractivity contribution in [3.8, 4) is 0 Å². The summed E-state index contributed by atoms with van der Waals surface area (Å²) in [5, 5.41) is 11.6. The smallest absolute Gasteiger partial charge is 0.251 e. The molecule has 0 aliphatic heterocycles. The van der Waals surface area contributed by atoms with E-state index in [4.69, 9.17) is 11.5 Å². The van der Waals surface area contributed by atoms with E-state index in [1.54, 1.807) is 74.6 Å². The molecule has 12 heteroatoms. The van der Waals surface area contributed by atoms with Gasteiger partial charge in [-0.15, -0.1) is 0 Å². The molecular formula is C29H36N8O4. The lowest BCUT2D eigenvalue weighted by Gasteiger charge is -2.22. The van der Waals surface area contributed by atoms with Crippen LogP contribution in [0.2, 0.25) is 0 Å². The Morgan fingerprint density at radius 2 is 1.68 bits per heavy atom. The van der Waals surface area contributed by atoms with Crippen molar-refractivity contribution in [1.29, 1.82) is 0 Å². The number of nitrogens with two attached hydrogens (primary N) is 2. The van der Waals surface area contributed by atoms with Gasteiger partial charge in [0.2, 0.25) is 17.7 Å². The molecule has 3 rings (SSSR count). The molecule has 12 nitrogen and oxygen atoms in total. The summed E-state index contributed by atoms with van der Waals surface area (Å²) < 4.78 is 0. The number of nitrogens with one attached hydrogen (secondary N) is 4. The molecule has 216 valence electrons. The van der Waals surface area contributed by atoms with Crippen LogP contribution in [-0.2, 0) is 14.4 Å². The van der Waals surface area contributed by atoms with Gasteiger partial charge in [-0.1, -0.05) is 38.1 Å². The third-order valence-corrected chi connectivity index (χ3v) is 6.16. The summed E-state index contributed by atoms with van der Waals surface area (Å²) in [6.07, 6.45) is 2.35. The highest BCUT2D eigenvalue weighted by molar-refractivity contribution is 6.00. The van der Waals surface area contributed by atoms with Crippen LogP contribution in [-0.4, -0.2) is 59.7 Å². The highest BCUT2D eigenvalue weighted by atomic mass is 16.2. The fraction of sp³-hybridized carbons (Fsp3) is 0.310. The Hall–Kier alpha value is -5.00.